The molecule has 0 bridgehead atoms. The number of aryl methyl sites for hydroxylation is 2. The van der Waals surface area contributed by atoms with Gasteiger partial charge in [-0.3, -0.25) is 0 Å². The van der Waals surface area contributed by atoms with E-state index in [0.29, 0.717) is 0 Å². The van der Waals surface area contributed by atoms with E-state index in [-0.39, 0.29) is 0 Å². The van der Waals surface area contributed by atoms with Crippen LogP contribution < -0.4 is 10.1 Å². The minimum atomic E-state index is 0.818. The molecular formula is C22H27N3O. The van der Waals surface area contributed by atoms with Gasteiger partial charge in [0.2, 0.25) is 0 Å². The molecule has 4 heteroatoms. The van der Waals surface area contributed by atoms with Crippen LogP contribution in [-0.4, -0.2) is 23.4 Å². The number of hydrogen-bond donors (Lipinski definition) is 1. The van der Waals surface area contributed by atoms with E-state index >= 15 is 0 Å². The minimum Gasteiger partial charge on any atom is -0.496 e. The molecule has 2 aromatic carbocycles. The van der Waals surface area contributed by atoms with E-state index in [9.17, 15) is 0 Å². The molecule has 0 amide bonds. The third kappa shape index (κ3) is 3.97. The van der Waals surface area contributed by atoms with Crippen molar-refractivity contribution in [3.8, 4) is 11.4 Å². The van der Waals surface area contributed by atoms with Crippen LogP contribution in [0.5, 0.6) is 5.75 Å². The number of nitrogens with zero attached hydrogens (tertiary/aromatic N) is 2. The van der Waals surface area contributed by atoms with Gasteiger partial charge in [-0.1, -0.05) is 35.9 Å². The number of nitrogens with one attached hydrogen (secondary N) is 1. The Labute approximate surface area is 155 Å². The van der Waals surface area contributed by atoms with Gasteiger partial charge >= 0.3 is 0 Å². The second-order valence-corrected chi connectivity index (χ2v) is 6.64. The molecule has 1 heterocycles. The van der Waals surface area contributed by atoms with E-state index in [1.807, 2.05) is 28.9 Å². The molecule has 0 spiro atoms. The molecule has 1 aromatic heterocycles. The Morgan fingerprint density at radius 3 is 2.54 bits per heavy atom. The second-order valence-electron chi connectivity index (χ2n) is 6.64. The quantitative estimate of drug-likeness (QED) is 0.652. The van der Waals surface area contributed by atoms with Gasteiger partial charge in [0.25, 0.3) is 0 Å². The molecule has 3 rings (SSSR count). The number of hydrogen-bond acceptors (Lipinski definition) is 3. The SMILES string of the molecule is COc1ccc(C)cc1CCNCc1c(C)nn(-c2ccccc2)c1C. The topological polar surface area (TPSA) is 39.1 Å². The highest BCUT2D eigenvalue weighted by molar-refractivity contribution is 5.38. The maximum atomic E-state index is 5.47. The van der Waals surface area contributed by atoms with Crippen LogP contribution in [0.3, 0.4) is 0 Å². The first-order chi connectivity index (χ1) is 12.6. The van der Waals surface area contributed by atoms with Gasteiger partial charge in [-0.05, 0) is 57.5 Å². The van der Waals surface area contributed by atoms with Gasteiger partial charge in [0.15, 0.2) is 0 Å². The third-order valence-electron chi connectivity index (χ3n) is 4.75. The number of benzene rings is 2. The first-order valence-corrected chi connectivity index (χ1v) is 9.05. The van der Waals surface area contributed by atoms with Crippen molar-refractivity contribution >= 4 is 0 Å². The molecule has 136 valence electrons. The molecule has 0 radical (unpaired) electrons. The molecule has 3 aromatic rings. The van der Waals surface area contributed by atoms with Gasteiger partial charge in [0.05, 0.1) is 18.5 Å². The average Bonchev–Trinajstić information content (AvgIpc) is 2.94. The molecule has 4 nitrogen and oxygen atoms in total. The molecule has 0 aliphatic heterocycles. The Morgan fingerprint density at radius 1 is 1.04 bits per heavy atom. The fourth-order valence-electron chi connectivity index (χ4n) is 3.29. The first kappa shape index (κ1) is 18.2. The number of aromatic nitrogens is 2. The largest absolute Gasteiger partial charge is 0.496 e. The van der Waals surface area contributed by atoms with Crippen LogP contribution in [0, 0.1) is 20.8 Å². The Balaban J connectivity index is 1.64. The molecule has 0 aliphatic rings. The predicted octanol–water partition coefficient (Wildman–Crippen LogP) is 4.14. The fraction of sp³-hybridized carbons (Fsp3) is 0.318. The van der Waals surface area contributed by atoms with Crippen LogP contribution in [0.1, 0.15) is 28.1 Å². The second kappa shape index (κ2) is 8.19. The lowest BCUT2D eigenvalue weighted by molar-refractivity contribution is 0.409. The minimum absolute atomic E-state index is 0.818. The summed E-state index contributed by atoms with van der Waals surface area (Å²) < 4.78 is 7.49. The van der Waals surface area contributed by atoms with E-state index < -0.39 is 0 Å². The predicted molar refractivity (Wildman–Crippen MR) is 106 cm³/mol. The highest BCUT2D eigenvalue weighted by atomic mass is 16.5. The lowest BCUT2D eigenvalue weighted by Crippen LogP contribution is -2.18. The maximum Gasteiger partial charge on any atom is 0.122 e. The van der Waals surface area contributed by atoms with E-state index in [0.717, 1.165) is 36.6 Å². The smallest absolute Gasteiger partial charge is 0.122 e. The molecule has 0 fully saturated rings. The number of para-hydroxylation sites is 1. The van der Waals surface area contributed by atoms with Crippen LogP contribution in [-0.2, 0) is 13.0 Å². The van der Waals surface area contributed by atoms with E-state index in [1.54, 1.807) is 7.11 Å². The van der Waals surface area contributed by atoms with Crippen molar-refractivity contribution in [3.63, 3.8) is 0 Å². The molecule has 1 N–H and O–H groups in total. The lowest BCUT2D eigenvalue weighted by Gasteiger charge is -2.10. The standard InChI is InChI=1S/C22H27N3O/c1-16-10-11-22(26-4)19(14-16)12-13-23-15-21-17(2)24-25(18(21)3)20-8-6-5-7-9-20/h5-11,14,23H,12-13,15H2,1-4H3. The number of ether oxygens (including phenoxy) is 1. The summed E-state index contributed by atoms with van der Waals surface area (Å²) in [4.78, 5) is 0. The summed E-state index contributed by atoms with van der Waals surface area (Å²) in [6.45, 7) is 8.04. The van der Waals surface area contributed by atoms with Crippen molar-refractivity contribution in [2.24, 2.45) is 0 Å². The molecule has 0 saturated heterocycles. The number of methoxy groups -OCH3 is 1. The first-order valence-electron chi connectivity index (χ1n) is 9.05. The van der Waals surface area contributed by atoms with Crippen LogP contribution in [0.25, 0.3) is 5.69 Å². The summed E-state index contributed by atoms with van der Waals surface area (Å²) in [5.41, 5.74) is 7.14. The van der Waals surface area contributed by atoms with Crippen LogP contribution in [0.15, 0.2) is 48.5 Å². The van der Waals surface area contributed by atoms with Crippen molar-refractivity contribution in [1.82, 2.24) is 15.1 Å². The summed E-state index contributed by atoms with van der Waals surface area (Å²) in [7, 11) is 1.73. The summed E-state index contributed by atoms with van der Waals surface area (Å²) in [6.07, 6.45) is 0.940. The van der Waals surface area contributed by atoms with Crippen molar-refractivity contribution in [2.45, 2.75) is 33.7 Å². The normalized spacial score (nSPS) is 10.9. The lowest BCUT2D eigenvalue weighted by atomic mass is 10.1. The van der Waals surface area contributed by atoms with Gasteiger partial charge in [-0.25, -0.2) is 4.68 Å². The highest BCUT2D eigenvalue weighted by Gasteiger charge is 2.12. The molecule has 0 saturated carbocycles. The summed E-state index contributed by atoms with van der Waals surface area (Å²) in [5.74, 6) is 0.960. The monoisotopic (exact) mass is 349 g/mol. The van der Waals surface area contributed by atoms with Gasteiger partial charge in [-0.15, -0.1) is 0 Å². The van der Waals surface area contributed by atoms with Crippen molar-refractivity contribution in [2.75, 3.05) is 13.7 Å². The Kier molecular flexibility index (Phi) is 5.74. The van der Waals surface area contributed by atoms with Crippen LogP contribution in [0.4, 0.5) is 0 Å². The Bertz CT molecular complexity index is 869. The Hall–Kier alpha value is -2.59. The third-order valence-corrected chi connectivity index (χ3v) is 4.75. The Morgan fingerprint density at radius 2 is 1.81 bits per heavy atom. The number of rotatable bonds is 7. The van der Waals surface area contributed by atoms with Gasteiger partial charge in [-0.2, -0.15) is 5.10 Å². The summed E-state index contributed by atoms with van der Waals surface area (Å²) >= 11 is 0. The maximum absolute atomic E-state index is 5.47. The summed E-state index contributed by atoms with van der Waals surface area (Å²) in [6, 6.07) is 16.6. The highest BCUT2D eigenvalue weighted by Crippen LogP contribution is 2.20. The summed E-state index contributed by atoms with van der Waals surface area (Å²) in [5, 5.41) is 8.27. The van der Waals surface area contributed by atoms with Crippen LogP contribution in [0.2, 0.25) is 0 Å². The molecule has 0 atom stereocenters. The van der Waals surface area contributed by atoms with Gasteiger partial charge in [0.1, 0.15) is 5.75 Å². The van der Waals surface area contributed by atoms with E-state index in [1.165, 1.54) is 22.4 Å². The van der Waals surface area contributed by atoms with Crippen molar-refractivity contribution < 1.29 is 4.74 Å². The zero-order valence-electron chi connectivity index (χ0n) is 16.0. The zero-order chi connectivity index (χ0) is 18.5. The van der Waals surface area contributed by atoms with Crippen molar-refractivity contribution in [1.29, 1.82) is 0 Å². The molecule has 0 aliphatic carbocycles. The van der Waals surface area contributed by atoms with Crippen LogP contribution >= 0.6 is 0 Å². The molecule has 0 unspecified atom stereocenters. The van der Waals surface area contributed by atoms with Crippen molar-refractivity contribution in [3.05, 3.63) is 76.6 Å². The molecular weight excluding hydrogens is 322 g/mol. The molecule has 26 heavy (non-hydrogen) atoms. The average molecular weight is 349 g/mol. The van der Waals surface area contributed by atoms with Gasteiger partial charge < -0.3 is 10.1 Å². The van der Waals surface area contributed by atoms with E-state index in [2.05, 4.69) is 50.4 Å². The zero-order valence-corrected chi connectivity index (χ0v) is 16.0. The van der Waals surface area contributed by atoms with Gasteiger partial charge in [0, 0.05) is 17.8 Å². The fourth-order valence-corrected chi connectivity index (χ4v) is 3.29. The van der Waals surface area contributed by atoms with E-state index in [4.69, 9.17) is 9.84 Å².